The molecule has 3 heteroatoms. The predicted octanol–water partition coefficient (Wildman–Crippen LogP) is 2.51. The quantitative estimate of drug-likeness (QED) is 0.556. The Balaban J connectivity index is 4.21. The van der Waals surface area contributed by atoms with Gasteiger partial charge in [-0.1, -0.05) is 27.7 Å². The molecule has 0 aromatic heterocycles. The fourth-order valence-corrected chi connectivity index (χ4v) is 1.79. The van der Waals surface area contributed by atoms with Crippen LogP contribution < -0.4 is 0 Å². The van der Waals surface area contributed by atoms with Crippen molar-refractivity contribution in [2.24, 2.45) is 0 Å². The molecule has 0 fully saturated rings. The van der Waals surface area contributed by atoms with Crippen LogP contribution in [0.25, 0.3) is 0 Å². The second-order valence-electron chi connectivity index (χ2n) is 2.83. The lowest BCUT2D eigenvalue weighted by Crippen LogP contribution is -2.05. The Morgan fingerprint density at radius 3 is 1.22 bits per heavy atom. The molecule has 0 N–H and O–H groups in total. The van der Waals surface area contributed by atoms with Crippen molar-refractivity contribution >= 4 is 7.37 Å². The van der Waals surface area contributed by atoms with Crippen LogP contribution in [0.2, 0.25) is 0 Å². The first-order valence-electron chi connectivity index (χ1n) is 3.19. The standard InChI is InChI=1S/C6H14O2P/c1-5(2)9(7,8)6(3)4/h5-6H,1-4H3. The van der Waals surface area contributed by atoms with Crippen LogP contribution in [0.1, 0.15) is 27.7 Å². The molecule has 0 bridgehead atoms. The zero-order chi connectivity index (χ0) is 7.65. The molecule has 0 unspecified atom stereocenters. The van der Waals surface area contributed by atoms with E-state index in [1.54, 1.807) is 27.7 Å². The lowest BCUT2D eigenvalue weighted by atomic mass is 10.5. The van der Waals surface area contributed by atoms with E-state index >= 15 is 0 Å². The van der Waals surface area contributed by atoms with Crippen molar-refractivity contribution in [1.82, 2.24) is 0 Å². The molecule has 1 radical (unpaired) electrons. The molecule has 0 aliphatic carbocycles. The maximum Gasteiger partial charge on any atom is 0.240 e. The van der Waals surface area contributed by atoms with E-state index in [0.29, 0.717) is 0 Å². The fraction of sp³-hybridized carbons (Fsp3) is 1.00. The third-order valence-electron chi connectivity index (χ3n) is 1.44. The van der Waals surface area contributed by atoms with Crippen LogP contribution in [-0.2, 0) is 9.46 Å². The molecule has 0 atom stereocenters. The Bertz CT molecular complexity index is 117. The van der Waals surface area contributed by atoms with Crippen LogP contribution in [0.4, 0.5) is 0 Å². The summed E-state index contributed by atoms with van der Waals surface area (Å²) in [5.41, 5.74) is -0.421. The summed E-state index contributed by atoms with van der Waals surface area (Å²) in [5.74, 6) is 0. The second-order valence-corrected chi connectivity index (χ2v) is 6.19. The van der Waals surface area contributed by atoms with Gasteiger partial charge in [0.15, 0.2) is 0 Å². The Hall–Kier alpha value is 0.190. The lowest BCUT2D eigenvalue weighted by molar-refractivity contribution is 0.393. The van der Waals surface area contributed by atoms with E-state index in [-0.39, 0.29) is 11.3 Å². The lowest BCUT2D eigenvalue weighted by Gasteiger charge is -2.15. The van der Waals surface area contributed by atoms with Gasteiger partial charge < -0.3 is 0 Å². The second kappa shape index (κ2) is 2.85. The van der Waals surface area contributed by atoms with E-state index in [4.69, 9.17) is 0 Å². The van der Waals surface area contributed by atoms with E-state index in [9.17, 15) is 9.46 Å². The van der Waals surface area contributed by atoms with Crippen LogP contribution in [0.5, 0.6) is 0 Å². The smallest absolute Gasteiger partial charge is 0.240 e. The summed E-state index contributed by atoms with van der Waals surface area (Å²) >= 11 is 0. The first-order chi connectivity index (χ1) is 3.89. The molecule has 0 aliphatic heterocycles. The van der Waals surface area contributed by atoms with Crippen molar-refractivity contribution in [3.05, 3.63) is 0 Å². The van der Waals surface area contributed by atoms with Gasteiger partial charge in [-0.2, -0.15) is 4.89 Å². The molecule has 0 aliphatic rings. The Morgan fingerprint density at radius 2 is 1.22 bits per heavy atom. The van der Waals surface area contributed by atoms with Gasteiger partial charge in [-0.15, -0.1) is 0 Å². The summed E-state index contributed by atoms with van der Waals surface area (Å²) in [6.45, 7) is 6.86. The molecule has 0 saturated heterocycles. The minimum Gasteiger partial charge on any atom is -0.290 e. The molecule has 9 heavy (non-hydrogen) atoms. The van der Waals surface area contributed by atoms with Gasteiger partial charge in [-0.25, -0.2) is 0 Å². The topological polar surface area (TPSA) is 37.0 Å². The molecule has 0 spiro atoms. The van der Waals surface area contributed by atoms with Gasteiger partial charge in [0, 0.05) is 11.3 Å². The fourth-order valence-electron chi connectivity index (χ4n) is 0.596. The van der Waals surface area contributed by atoms with E-state index in [1.165, 1.54) is 0 Å². The summed E-state index contributed by atoms with van der Waals surface area (Å²) in [4.78, 5) is 11.1. The highest BCUT2D eigenvalue weighted by molar-refractivity contribution is 7.59. The molecule has 55 valence electrons. The van der Waals surface area contributed by atoms with Crippen LogP contribution in [0.15, 0.2) is 0 Å². The number of hydrogen-bond acceptors (Lipinski definition) is 1. The summed E-state index contributed by atoms with van der Waals surface area (Å²) in [5, 5.41) is 0. The largest absolute Gasteiger partial charge is 0.290 e. The van der Waals surface area contributed by atoms with Crippen molar-refractivity contribution in [3.63, 3.8) is 0 Å². The van der Waals surface area contributed by atoms with Gasteiger partial charge in [-0.3, -0.25) is 4.57 Å². The van der Waals surface area contributed by atoms with Crippen molar-refractivity contribution in [2.45, 2.75) is 39.0 Å². The summed E-state index contributed by atoms with van der Waals surface area (Å²) in [6.07, 6.45) is 0. The van der Waals surface area contributed by atoms with Gasteiger partial charge in [0.1, 0.15) is 0 Å². The third-order valence-corrected chi connectivity index (χ3v) is 4.32. The Morgan fingerprint density at radius 1 is 1.00 bits per heavy atom. The first kappa shape index (κ1) is 9.19. The van der Waals surface area contributed by atoms with E-state index in [0.717, 1.165) is 0 Å². The normalized spacial score (nSPS) is 13.2. The van der Waals surface area contributed by atoms with Crippen LogP contribution in [0.3, 0.4) is 0 Å². The summed E-state index contributed by atoms with van der Waals surface area (Å²) in [7, 11) is -3.09. The van der Waals surface area contributed by atoms with Gasteiger partial charge in [-0.05, 0) is 0 Å². The maximum absolute atomic E-state index is 11.1. The van der Waals surface area contributed by atoms with Gasteiger partial charge >= 0.3 is 0 Å². The Labute approximate surface area is 56.7 Å². The average molecular weight is 149 g/mol. The molecule has 0 aromatic carbocycles. The zero-order valence-corrected chi connectivity index (χ0v) is 7.31. The molecule has 0 aromatic rings. The summed E-state index contributed by atoms with van der Waals surface area (Å²) < 4.78 is 11.1. The molecular weight excluding hydrogens is 135 g/mol. The molecule has 0 amide bonds. The highest BCUT2D eigenvalue weighted by atomic mass is 31.2. The Kier molecular flexibility index (Phi) is 2.91. The van der Waals surface area contributed by atoms with Gasteiger partial charge in [0.2, 0.25) is 7.37 Å². The average Bonchev–Trinajstić information content (AvgIpc) is 1.65. The van der Waals surface area contributed by atoms with E-state index in [2.05, 4.69) is 0 Å². The van der Waals surface area contributed by atoms with Crippen LogP contribution in [-0.4, -0.2) is 11.3 Å². The van der Waals surface area contributed by atoms with E-state index < -0.39 is 7.37 Å². The third kappa shape index (κ3) is 2.11. The molecular formula is C6H14O2P. The van der Waals surface area contributed by atoms with Crippen LogP contribution >= 0.6 is 7.37 Å². The highest BCUT2D eigenvalue weighted by Gasteiger charge is 2.28. The van der Waals surface area contributed by atoms with Crippen LogP contribution in [0, 0.1) is 0 Å². The number of hydrogen-bond donors (Lipinski definition) is 0. The first-order valence-corrected chi connectivity index (χ1v) is 4.95. The van der Waals surface area contributed by atoms with Crippen molar-refractivity contribution in [3.8, 4) is 0 Å². The summed E-state index contributed by atoms with van der Waals surface area (Å²) in [6, 6.07) is 0. The number of rotatable bonds is 2. The van der Waals surface area contributed by atoms with Crippen molar-refractivity contribution in [1.29, 1.82) is 0 Å². The van der Waals surface area contributed by atoms with Gasteiger partial charge in [0.25, 0.3) is 0 Å². The monoisotopic (exact) mass is 149 g/mol. The molecule has 2 nitrogen and oxygen atoms in total. The molecule has 0 heterocycles. The minimum atomic E-state index is -3.09. The van der Waals surface area contributed by atoms with Gasteiger partial charge in [0.05, 0.1) is 0 Å². The zero-order valence-electron chi connectivity index (χ0n) is 6.42. The van der Waals surface area contributed by atoms with Crippen molar-refractivity contribution < 1.29 is 9.46 Å². The van der Waals surface area contributed by atoms with Crippen molar-refractivity contribution in [2.75, 3.05) is 0 Å². The minimum absolute atomic E-state index is 0.211. The molecule has 0 saturated carbocycles. The molecule has 0 rings (SSSR count). The highest BCUT2D eigenvalue weighted by Crippen LogP contribution is 2.51. The SMILES string of the molecule is CC(C)P([O])(=O)C(C)C. The maximum atomic E-state index is 11.1. The predicted molar refractivity (Wildman–Crippen MR) is 38.6 cm³/mol. The van der Waals surface area contributed by atoms with E-state index in [1.807, 2.05) is 0 Å².